The SMILES string of the molecule is CC1C=C2C=CC=CC2C1[Si](C)(C)C1C2C=CC=CC2=C[C@@H]1C. The summed E-state index contributed by atoms with van der Waals surface area (Å²) in [5.74, 6) is 2.75. The van der Waals surface area contributed by atoms with Gasteiger partial charge in [-0.3, -0.25) is 0 Å². The molecule has 0 fully saturated rings. The molecule has 0 nitrogen and oxygen atoms in total. The van der Waals surface area contributed by atoms with E-state index in [9.17, 15) is 0 Å². The molecular formula is C22H28Si. The van der Waals surface area contributed by atoms with Crippen LogP contribution in [-0.2, 0) is 0 Å². The van der Waals surface area contributed by atoms with Crippen LogP contribution in [0.1, 0.15) is 13.8 Å². The summed E-state index contributed by atoms with van der Waals surface area (Å²) in [5, 5.41) is 0. The Labute approximate surface area is 142 Å². The van der Waals surface area contributed by atoms with Gasteiger partial charge >= 0.3 is 0 Å². The third-order valence-corrected chi connectivity index (χ3v) is 11.9. The van der Waals surface area contributed by atoms with Crippen LogP contribution >= 0.6 is 0 Å². The zero-order chi connectivity index (χ0) is 16.2. The van der Waals surface area contributed by atoms with Gasteiger partial charge < -0.3 is 0 Å². The molecule has 0 bridgehead atoms. The first-order chi connectivity index (χ1) is 11.0. The standard InChI is InChI=1S/C22H28Si/c1-15-13-17-9-5-7-11-19(17)21(15)23(3,4)22-16(2)14-18-10-6-8-12-20(18)22/h5-16,19-22H,1-4H3/t15-,16?,19?,20?,21?,22?/m0/s1. The molecule has 4 aliphatic rings. The molecule has 0 N–H and O–H groups in total. The molecule has 23 heavy (non-hydrogen) atoms. The van der Waals surface area contributed by atoms with Crippen molar-refractivity contribution in [1.82, 2.24) is 0 Å². The van der Waals surface area contributed by atoms with Crippen LogP contribution < -0.4 is 0 Å². The molecule has 0 aliphatic heterocycles. The zero-order valence-corrected chi connectivity index (χ0v) is 15.7. The molecule has 6 atom stereocenters. The van der Waals surface area contributed by atoms with E-state index in [1.807, 2.05) is 0 Å². The fourth-order valence-electron chi connectivity index (χ4n) is 6.10. The molecule has 0 amide bonds. The van der Waals surface area contributed by atoms with E-state index in [1.54, 1.807) is 11.1 Å². The topological polar surface area (TPSA) is 0 Å². The van der Waals surface area contributed by atoms with Crippen molar-refractivity contribution in [3.8, 4) is 0 Å². The van der Waals surface area contributed by atoms with Crippen molar-refractivity contribution in [1.29, 1.82) is 0 Å². The fourth-order valence-corrected chi connectivity index (χ4v) is 11.9. The highest BCUT2D eigenvalue weighted by Crippen LogP contribution is 2.58. The number of hydrogen-bond acceptors (Lipinski definition) is 0. The van der Waals surface area contributed by atoms with Crippen LogP contribution in [0.2, 0.25) is 24.2 Å². The Kier molecular flexibility index (Phi) is 3.53. The monoisotopic (exact) mass is 320 g/mol. The van der Waals surface area contributed by atoms with E-state index < -0.39 is 8.07 Å². The molecular weight excluding hydrogens is 292 g/mol. The quantitative estimate of drug-likeness (QED) is 0.541. The van der Waals surface area contributed by atoms with Gasteiger partial charge in [-0.1, -0.05) is 87.7 Å². The summed E-state index contributed by atoms with van der Waals surface area (Å²) in [7, 11) is -1.45. The van der Waals surface area contributed by atoms with Gasteiger partial charge in [-0.25, -0.2) is 0 Å². The van der Waals surface area contributed by atoms with Crippen LogP contribution in [-0.4, -0.2) is 8.07 Å². The minimum absolute atomic E-state index is 0.663. The van der Waals surface area contributed by atoms with Crippen molar-refractivity contribution in [3.05, 3.63) is 71.9 Å². The van der Waals surface area contributed by atoms with Crippen LogP contribution in [0.15, 0.2) is 71.9 Å². The first kappa shape index (κ1) is 15.2. The molecule has 4 aliphatic carbocycles. The molecule has 1 heteroatoms. The van der Waals surface area contributed by atoms with Crippen LogP contribution in [0.3, 0.4) is 0 Å². The van der Waals surface area contributed by atoms with E-state index in [2.05, 4.69) is 87.7 Å². The maximum absolute atomic E-state index is 2.67. The zero-order valence-electron chi connectivity index (χ0n) is 14.7. The summed E-state index contributed by atoms with van der Waals surface area (Å²) >= 11 is 0. The van der Waals surface area contributed by atoms with E-state index >= 15 is 0 Å². The van der Waals surface area contributed by atoms with E-state index in [0.29, 0.717) is 23.7 Å². The van der Waals surface area contributed by atoms with Crippen molar-refractivity contribution in [2.45, 2.75) is 38.0 Å². The van der Waals surface area contributed by atoms with Crippen molar-refractivity contribution >= 4 is 8.07 Å². The van der Waals surface area contributed by atoms with E-state index in [1.165, 1.54) is 0 Å². The van der Waals surface area contributed by atoms with Gasteiger partial charge in [0, 0.05) is 11.8 Å². The molecule has 4 rings (SSSR count). The van der Waals surface area contributed by atoms with Gasteiger partial charge in [0.2, 0.25) is 0 Å². The number of fused-ring (bicyclic) bond motifs is 2. The lowest BCUT2D eigenvalue weighted by Crippen LogP contribution is -2.45. The van der Waals surface area contributed by atoms with Gasteiger partial charge in [0.1, 0.15) is 0 Å². The highest BCUT2D eigenvalue weighted by atomic mass is 28.3. The van der Waals surface area contributed by atoms with Gasteiger partial charge in [-0.2, -0.15) is 0 Å². The Morgan fingerprint density at radius 3 is 1.57 bits per heavy atom. The Bertz CT molecular complexity index is 625. The van der Waals surface area contributed by atoms with Crippen molar-refractivity contribution in [3.63, 3.8) is 0 Å². The van der Waals surface area contributed by atoms with E-state index in [0.717, 1.165) is 11.1 Å². The minimum atomic E-state index is -1.45. The Morgan fingerprint density at radius 1 is 0.696 bits per heavy atom. The van der Waals surface area contributed by atoms with Gasteiger partial charge in [-0.15, -0.1) is 0 Å². The van der Waals surface area contributed by atoms with Crippen molar-refractivity contribution in [2.75, 3.05) is 0 Å². The predicted molar refractivity (Wildman–Crippen MR) is 103 cm³/mol. The Hall–Kier alpha value is -1.34. The minimum Gasteiger partial charge on any atom is -0.0778 e. The third-order valence-electron chi connectivity index (χ3n) is 6.74. The second-order valence-corrected chi connectivity index (χ2v) is 13.4. The maximum atomic E-state index is 2.67. The lowest BCUT2D eigenvalue weighted by atomic mass is 9.94. The molecule has 0 saturated heterocycles. The van der Waals surface area contributed by atoms with Gasteiger partial charge in [-0.05, 0) is 34.1 Å². The summed E-state index contributed by atoms with van der Waals surface area (Å²) in [4.78, 5) is 0. The third kappa shape index (κ3) is 2.24. The van der Waals surface area contributed by atoms with E-state index in [4.69, 9.17) is 0 Å². The van der Waals surface area contributed by atoms with E-state index in [-0.39, 0.29) is 0 Å². The van der Waals surface area contributed by atoms with Gasteiger partial charge in [0.05, 0.1) is 8.07 Å². The molecule has 0 aromatic rings. The maximum Gasteiger partial charge on any atom is 0.0566 e. The highest BCUT2D eigenvalue weighted by molar-refractivity contribution is 6.80. The normalized spacial score (nSPS) is 40.9. The summed E-state index contributed by atoms with van der Waals surface area (Å²) in [6.07, 6.45) is 23.7. The molecule has 0 spiro atoms. The van der Waals surface area contributed by atoms with Crippen LogP contribution in [0.25, 0.3) is 0 Å². The Morgan fingerprint density at radius 2 is 1.13 bits per heavy atom. The number of hydrogen-bond donors (Lipinski definition) is 0. The molecule has 0 aromatic heterocycles. The van der Waals surface area contributed by atoms with Gasteiger partial charge in [0.15, 0.2) is 0 Å². The van der Waals surface area contributed by atoms with Gasteiger partial charge in [0.25, 0.3) is 0 Å². The molecule has 5 unspecified atom stereocenters. The number of allylic oxidation sites excluding steroid dienone is 12. The van der Waals surface area contributed by atoms with Crippen LogP contribution in [0.5, 0.6) is 0 Å². The Balaban J connectivity index is 1.68. The second kappa shape index (κ2) is 5.34. The first-order valence-corrected chi connectivity index (χ1v) is 12.3. The average molecular weight is 321 g/mol. The first-order valence-electron chi connectivity index (χ1n) is 9.13. The molecule has 0 saturated carbocycles. The molecule has 0 radical (unpaired) electrons. The van der Waals surface area contributed by atoms with Crippen LogP contribution in [0, 0.1) is 23.7 Å². The lowest BCUT2D eigenvalue weighted by Gasteiger charge is -2.45. The second-order valence-electron chi connectivity index (χ2n) is 8.46. The highest BCUT2D eigenvalue weighted by Gasteiger charge is 2.52. The molecule has 0 heterocycles. The van der Waals surface area contributed by atoms with Crippen molar-refractivity contribution < 1.29 is 0 Å². The lowest BCUT2D eigenvalue weighted by molar-refractivity contribution is 0.532. The summed E-state index contributed by atoms with van der Waals surface area (Å²) in [5.41, 5.74) is 4.81. The summed E-state index contributed by atoms with van der Waals surface area (Å²) < 4.78 is 0. The smallest absolute Gasteiger partial charge is 0.0566 e. The fraction of sp³-hybridized carbons (Fsp3) is 0.455. The largest absolute Gasteiger partial charge is 0.0778 e. The predicted octanol–water partition coefficient (Wildman–Crippen LogP) is 6.07. The van der Waals surface area contributed by atoms with Crippen LogP contribution in [0.4, 0.5) is 0 Å². The summed E-state index contributed by atoms with van der Waals surface area (Å²) in [6, 6.07) is 0. The molecule has 120 valence electrons. The van der Waals surface area contributed by atoms with Crippen molar-refractivity contribution in [2.24, 2.45) is 23.7 Å². The molecule has 0 aromatic carbocycles. The average Bonchev–Trinajstić information content (AvgIpc) is 3.02. The number of rotatable bonds is 2. The summed E-state index contributed by atoms with van der Waals surface area (Å²) in [6.45, 7) is 10.2.